The average Bonchev–Trinajstić information content (AvgIpc) is 3.15. The van der Waals surface area contributed by atoms with Crippen molar-refractivity contribution in [3.05, 3.63) is 74.1 Å². The molecule has 2 aromatic carbocycles. The number of rotatable bonds is 4. The van der Waals surface area contributed by atoms with E-state index in [0.29, 0.717) is 16.8 Å². The lowest BCUT2D eigenvalue weighted by Crippen LogP contribution is -2.29. The van der Waals surface area contributed by atoms with Gasteiger partial charge < -0.3 is 9.97 Å². The van der Waals surface area contributed by atoms with Crippen molar-refractivity contribution in [2.24, 2.45) is 0 Å². The molecule has 2 heterocycles. The second-order valence-corrected chi connectivity index (χ2v) is 8.80. The summed E-state index contributed by atoms with van der Waals surface area (Å²) in [7, 11) is -3.94. The van der Waals surface area contributed by atoms with Crippen molar-refractivity contribution in [3.63, 3.8) is 0 Å². The molecule has 4 aromatic rings. The van der Waals surface area contributed by atoms with Crippen LogP contribution in [0.2, 0.25) is 0 Å². The Morgan fingerprint density at radius 2 is 1.47 bits per heavy atom. The minimum Gasteiger partial charge on any atom is -0.316 e. The molecular weight excluding hydrogens is 406 g/mol. The Kier molecular flexibility index (Phi) is 4.58. The minimum absolute atomic E-state index is 0.00640. The van der Waals surface area contributed by atoms with Gasteiger partial charge in [-0.15, -0.1) is 0 Å². The zero-order valence-corrected chi connectivity index (χ0v) is 17.3. The molecule has 0 aliphatic rings. The first-order valence-electron chi connectivity index (χ1n) is 9.06. The standard InChI is InChI=1S/C20H19N5O4S/c1-10-6-15-16(24-20(27)19(26)23-15)7-17(10)30(28,29)25-14-4-11(2)18(12(3)5-14)13-8-21-22-9-13/h4-9,25H,1-3H3,(H,21,22)(H,23,26)(H,24,27). The average molecular weight is 425 g/mol. The van der Waals surface area contributed by atoms with Crippen LogP contribution in [0.25, 0.3) is 22.2 Å². The van der Waals surface area contributed by atoms with Gasteiger partial charge in [-0.2, -0.15) is 5.10 Å². The normalized spacial score (nSPS) is 11.7. The summed E-state index contributed by atoms with van der Waals surface area (Å²) in [5.41, 5.74) is 3.49. The first-order valence-corrected chi connectivity index (χ1v) is 10.5. The smallest absolute Gasteiger partial charge is 0.314 e. The molecule has 2 aromatic heterocycles. The maximum atomic E-state index is 13.1. The molecule has 0 aliphatic carbocycles. The molecule has 10 heteroatoms. The molecule has 0 spiro atoms. The largest absolute Gasteiger partial charge is 0.316 e. The molecule has 4 N–H and O–H groups in total. The van der Waals surface area contributed by atoms with E-state index in [1.54, 1.807) is 31.5 Å². The van der Waals surface area contributed by atoms with Crippen LogP contribution in [-0.2, 0) is 10.0 Å². The van der Waals surface area contributed by atoms with E-state index in [9.17, 15) is 18.0 Å². The molecular formula is C20H19N5O4S. The third-order valence-corrected chi connectivity index (χ3v) is 6.40. The summed E-state index contributed by atoms with van der Waals surface area (Å²) in [6, 6.07) is 6.36. The lowest BCUT2D eigenvalue weighted by molar-refractivity contribution is 0.600. The maximum Gasteiger partial charge on any atom is 0.314 e. The lowest BCUT2D eigenvalue weighted by atomic mass is 9.97. The van der Waals surface area contributed by atoms with E-state index in [4.69, 9.17) is 0 Å². The zero-order chi connectivity index (χ0) is 21.6. The van der Waals surface area contributed by atoms with Gasteiger partial charge in [-0.05, 0) is 67.3 Å². The van der Waals surface area contributed by atoms with E-state index in [0.717, 1.165) is 22.3 Å². The van der Waals surface area contributed by atoms with Crippen LogP contribution < -0.4 is 15.8 Å². The van der Waals surface area contributed by atoms with E-state index in [2.05, 4.69) is 24.9 Å². The Balaban J connectivity index is 1.76. The number of aryl methyl sites for hydroxylation is 3. The summed E-state index contributed by atoms with van der Waals surface area (Å²) in [6.07, 6.45) is 3.49. The van der Waals surface area contributed by atoms with Gasteiger partial charge in [0, 0.05) is 17.4 Å². The number of hydrogen-bond acceptors (Lipinski definition) is 5. The molecule has 154 valence electrons. The predicted octanol–water partition coefficient (Wildman–Crippen LogP) is 2.33. The van der Waals surface area contributed by atoms with Crippen LogP contribution in [0.4, 0.5) is 5.69 Å². The summed E-state index contributed by atoms with van der Waals surface area (Å²) in [5.74, 6) is 0. The van der Waals surface area contributed by atoms with Crippen molar-refractivity contribution >= 4 is 26.7 Å². The van der Waals surface area contributed by atoms with E-state index in [1.807, 2.05) is 13.8 Å². The molecule has 0 radical (unpaired) electrons. The number of fused-ring (bicyclic) bond motifs is 1. The van der Waals surface area contributed by atoms with E-state index in [-0.39, 0.29) is 10.4 Å². The van der Waals surface area contributed by atoms with E-state index in [1.165, 1.54) is 12.1 Å². The molecule has 0 fully saturated rings. The van der Waals surface area contributed by atoms with Crippen molar-refractivity contribution in [3.8, 4) is 11.1 Å². The van der Waals surface area contributed by atoms with Crippen molar-refractivity contribution in [2.75, 3.05) is 4.72 Å². The fraction of sp³-hybridized carbons (Fsp3) is 0.150. The van der Waals surface area contributed by atoms with E-state index >= 15 is 0 Å². The van der Waals surface area contributed by atoms with Gasteiger partial charge >= 0.3 is 11.1 Å². The summed E-state index contributed by atoms with van der Waals surface area (Å²) in [4.78, 5) is 28.0. The first kappa shape index (κ1) is 19.6. The Morgan fingerprint density at radius 1 is 0.867 bits per heavy atom. The summed E-state index contributed by atoms with van der Waals surface area (Å²) in [6.45, 7) is 5.42. The predicted molar refractivity (Wildman–Crippen MR) is 114 cm³/mol. The van der Waals surface area contributed by atoms with Crippen molar-refractivity contribution in [1.82, 2.24) is 20.2 Å². The second kappa shape index (κ2) is 6.99. The van der Waals surface area contributed by atoms with Crippen LogP contribution in [0.3, 0.4) is 0 Å². The Bertz CT molecular complexity index is 1480. The molecule has 0 unspecified atom stereocenters. The number of H-pyrrole nitrogens is 3. The third kappa shape index (κ3) is 3.41. The van der Waals surface area contributed by atoms with Gasteiger partial charge in [0.2, 0.25) is 0 Å². The highest BCUT2D eigenvalue weighted by molar-refractivity contribution is 7.92. The highest BCUT2D eigenvalue weighted by Gasteiger charge is 2.20. The highest BCUT2D eigenvalue weighted by Crippen LogP contribution is 2.31. The minimum atomic E-state index is -3.94. The lowest BCUT2D eigenvalue weighted by Gasteiger charge is -2.15. The fourth-order valence-corrected chi connectivity index (χ4v) is 4.91. The van der Waals surface area contributed by atoms with Crippen molar-refractivity contribution in [2.45, 2.75) is 25.7 Å². The van der Waals surface area contributed by atoms with Crippen LogP contribution >= 0.6 is 0 Å². The molecule has 0 saturated carbocycles. The highest BCUT2D eigenvalue weighted by atomic mass is 32.2. The molecule has 0 atom stereocenters. The van der Waals surface area contributed by atoms with Gasteiger partial charge in [0.05, 0.1) is 22.1 Å². The van der Waals surface area contributed by atoms with Crippen LogP contribution in [0.5, 0.6) is 0 Å². The summed E-state index contributed by atoms with van der Waals surface area (Å²) >= 11 is 0. The maximum absolute atomic E-state index is 13.1. The van der Waals surface area contributed by atoms with Crippen LogP contribution in [-0.4, -0.2) is 28.6 Å². The SMILES string of the molecule is Cc1cc2[nH]c(=O)c(=O)[nH]c2cc1S(=O)(=O)Nc1cc(C)c(-c2cn[nH]c2)c(C)c1. The number of anilines is 1. The van der Waals surface area contributed by atoms with E-state index < -0.39 is 21.1 Å². The number of aromatic nitrogens is 4. The molecule has 9 nitrogen and oxygen atoms in total. The second-order valence-electron chi connectivity index (χ2n) is 7.15. The van der Waals surface area contributed by atoms with Crippen molar-refractivity contribution in [1.29, 1.82) is 0 Å². The van der Waals surface area contributed by atoms with Gasteiger partial charge in [0.1, 0.15) is 0 Å². The summed E-state index contributed by atoms with van der Waals surface area (Å²) in [5, 5.41) is 6.74. The first-order chi connectivity index (χ1) is 14.2. The number of nitrogens with zero attached hydrogens (tertiary/aromatic N) is 1. The molecule has 0 amide bonds. The van der Waals surface area contributed by atoms with Crippen LogP contribution in [0.15, 0.2) is 51.1 Å². The fourth-order valence-electron chi connectivity index (χ4n) is 3.62. The Hall–Kier alpha value is -3.66. The van der Waals surface area contributed by atoms with Crippen molar-refractivity contribution < 1.29 is 8.42 Å². The topological polar surface area (TPSA) is 141 Å². The molecule has 0 aliphatic heterocycles. The zero-order valence-electron chi connectivity index (χ0n) is 16.5. The Morgan fingerprint density at radius 3 is 2.03 bits per heavy atom. The van der Waals surface area contributed by atoms with Gasteiger partial charge in [0.15, 0.2) is 0 Å². The van der Waals surface area contributed by atoms with Gasteiger partial charge in [-0.1, -0.05) is 0 Å². The monoisotopic (exact) mass is 425 g/mol. The number of sulfonamides is 1. The molecule has 30 heavy (non-hydrogen) atoms. The van der Waals surface area contributed by atoms with Gasteiger partial charge in [0.25, 0.3) is 10.0 Å². The van der Waals surface area contributed by atoms with Crippen LogP contribution in [0, 0.1) is 20.8 Å². The van der Waals surface area contributed by atoms with Crippen LogP contribution in [0.1, 0.15) is 16.7 Å². The number of aromatic amines is 3. The number of hydrogen-bond donors (Lipinski definition) is 4. The third-order valence-electron chi connectivity index (χ3n) is 4.88. The quantitative estimate of drug-likeness (QED) is 0.372. The molecule has 0 bridgehead atoms. The Labute approximate surface area is 171 Å². The van der Waals surface area contributed by atoms with Gasteiger partial charge in [-0.25, -0.2) is 8.42 Å². The molecule has 4 rings (SSSR count). The number of benzene rings is 2. The molecule has 0 saturated heterocycles. The van der Waals surface area contributed by atoms with Gasteiger partial charge in [-0.3, -0.25) is 19.4 Å². The summed E-state index contributed by atoms with van der Waals surface area (Å²) < 4.78 is 28.7. The number of nitrogens with one attached hydrogen (secondary N) is 4.